The van der Waals surface area contributed by atoms with E-state index in [-0.39, 0.29) is 16.7 Å². The van der Waals surface area contributed by atoms with Gasteiger partial charge >= 0.3 is 6.18 Å². The van der Waals surface area contributed by atoms with Gasteiger partial charge in [-0.25, -0.2) is 4.98 Å². The zero-order valence-corrected chi connectivity index (χ0v) is 17.0. The van der Waals surface area contributed by atoms with Gasteiger partial charge < -0.3 is 14.5 Å². The molecule has 1 aliphatic heterocycles. The third kappa shape index (κ3) is 4.87. The smallest absolute Gasteiger partial charge is 0.417 e. The number of methoxy groups -OCH3 is 1. The number of amides is 1. The minimum absolute atomic E-state index is 0.0730. The lowest BCUT2D eigenvalue weighted by atomic mass is 10.1. The van der Waals surface area contributed by atoms with Crippen LogP contribution < -0.4 is 9.64 Å². The summed E-state index contributed by atoms with van der Waals surface area (Å²) in [6, 6.07) is 5.69. The number of alkyl halides is 3. The van der Waals surface area contributed by atoms with Crippen molar-refractivity contribution >= 4 is 34.9 Å². The highest BCUT2D eigenvalue weighted by Crippen LogP contribution is 2.34. The van der Waals surface area contributed by atoms with Crippen molar-refractivity contribution in [3.8, 4) is 5.75 Å². The minimum atomic E-state index is -4.51. The molecule has 0 N–H and O–H groups in total. The first kappa shape index (κ1) is 21.5. The first-order valence-corrected chi connectivity index (χ1v) is 9.57. The normalized spacial score (nSPS) is 15.2. The van der Waals surface area contributed by atoms with E-state index in [0.29, 0.717) is 48.9 Å². The van der Waals surface area contributed by atoms with Crippen LogP contribution in [0.25, 0.3) is 0 Å². The van der Waals surface area contributed by atoms with Crippen molar-refractivity contribution in [2.45, 2.75) is 12.6 Å². The second kappa shape index (κ2) is 8.67. The molecule has 5 nitrogen and oxygen atoms in total. The molecule has 1 aromatic heterocycles. The molecule has 0 unspecified atom stereocenters. The Hall–Kier alpha value is -2.19. The Labute approximate surface area is 176 Å². The second-order valence-electron chi connectivity index (χ2n) is 6.50. The number of nitrogens with zero attached hydrogens (tertiary/aromatic N) is 3. The Morgan fingerprint density at radius 2 is 1.90 bits per heavy atom. The van der Waals surface area contributed by atoms with Crippen molar-refractivity contribution < 1.29 is 22.7 Å². The molecule has 0 radical (unpaired) electrons. The van der Waals surface area contributed by atoms with Crippen molar-refractivity contribution in [3.63, 3.8) is 0 Å². The van der Waals surface area contributed by atoms with Gasteiger partial charge in [0, 0.05) is 37.4 Å². The van der Waals surface area contributed by atoms with Crippen LogP contribution in [0, 0.1) is 0 Å². The van der Waals surface area contributed by atoms with Gasteiger partial charge in [0.2, 0.25) is 0 Å². The van der Waals surface area contributed by atoms with E-state index in [1.165, 1.54) is 7.11 Å². The monoisotopic (exact) mass is 447 g/mol. The largest absolute Gasteiger partial charge is 0.496 e. The summed E-state index contributed by atoms with van der Waals surface area (Å²) in [6.45, 7) is 1.72. The van der Waals surface area contributed by atoms with Crippen LogP contribution in [-0.4, -0.2) is 49.1 Å². The molecule has 1 aliphatic rings. The molecule has 0 spiro atoms. The number of hydrogen-bond acceptors (Lipinski definition) is 4. The fourth-order valence-electron chi connectivity index (χ4n) is 3.17. The van der Waals surface area contributed by atoms with E-state index >= 15 is 0 Å². The average molecular weight is 448 g/mol. The van der Waals surface area contributed by atoms with Crippen molar-refractivity contribution in [1.82, 2.24) is 9.88 Å². The molecule has 29 heavy (non-hydrogen) atoms. The molecule has 1 aromatic carbocycles. The molecule has 2 aromatic rings. The first-order valence-electron chi connectivity index (χ1n) is 8.81. The van der Waals surface area contributed by atoms with E-state index in [9.17, 15) is 18.0 Å². The summed E-state index contributed by atoms with van der Waals surface area (Å²) in [7, 11) is 1.47. The summed E-state index contributed by atoms with van der Waals surface area (Å²) in [4.78, 5) is 20.3. The molecule has 0 saturated carbocycles. The topological polar surface area (TPSA) is 45.7 Å². The maximum atomic E-state index is 13.0. The van der Waals surface area contributed by atoms with Crippen LogP contribution in [0.1, 0.15) is 22.3 Å². The summed E-state index contributed by atoms with van der Waals surface area (Å²) < 4.78 is 43.7. The highest BCUT2D eigenvalue weighted by atomic mass is 35.5. The molecule has 10 heteroatoms. The van der Waals surface area contributed by atoms with E-state index < -0.39 is 11.7 Å². The van der Waals surface area contributed by atoms with Crippen LogP contribution >= 0.6 is 23.2 Å². The Bertz CT molecular complexity index is 909. The van der Waals surface area contributed by atoms with Crippen molar-refractivity contribution in [3.05, 3.63) is 51.6 Å². The number of hydrogen-bond donors (Lipinski definition) is 0. The third-order valence-electron chi connectivity index (χ3n) is 4.62. The number of aromatic nitrogens is 1. The number of anilines is 1. The summed E-state index contributed by atoms with van der Waals surface area (Å²) in [5, 5.41) is 0.349. The van der Waals surface area contributed by atoms with Crippen molar-refractivity contribution in [1.29, 1.82) is 0 Å². The van der Waals surface area contributed by atoms with Crippen molar-refractivity contribution in [2.24, 2.45) is 0 Å². The average Bonchev–Trinajstić information content (AvgIpc) is 2.92. The number of rotatable bonds is 3. The summed E-state index contributed by atoms with van der Waals surface area (Å²) in [6.07, 6.45) is -3.13. The molecule has 0 aliphatic carbocycles. The molecular formula is C19H18Cl2F3N3O2. The van der Waals surface area contributed by atoms with Crippen LogP contribution in [0.5, 0.6) is 5.75 Å². The molecule has 3 rings (SSSR count). The zero-order valence-electron chi connectivity index (χ0n) is 15.5. The van der Waals surface area contributed by atoms with Gasteiger partial charge in [0.15, 0.2) is 0 Å². The number of ether oxygens (including phenoxy) is 1. The summed E-state index contributed by atoms with van der Waals surface area (Å²) in [5.74, 6) is 0.472. The van der Waals surface area contributed by atoms with Crippen LogP contribution in [0.3, 0.4) is 0 Å². The third-order valence-corrected chi connectivity index (χ3v) is 5.14. The number of pyridine rings is 1. The van der Waals surface area contributed by atoms with E-state index in [4.69, 9.17) is 27.9 Å². The number of carbonyl (C=O) groups is 1. The molecule has 1 amide bonds. The fourth-order valence-corrected chi connectivity index (χ4v) is 3.63. The molecular weight excluding hydrogens is 430 g/mol. The fraction of sp³-hybridized carbons (Fsp3) is 0.368. The van der Waals surface area contributed by atoms with E-state index in [1.807, 2.05) is 0 Å². The molecule has 0 atom stereocenters. The van der Waals surface area contributed by atoms with Gasteiger partial charge in [-0.1, -0.05) is 23.2 Å². The van der Waals surface area contributed by atoms with Gasteiger partial charge in [-0.05, 0) is 30.7 Å². The Balaban J connectivity index is 1.76. The van der Waals surface area contributed by atoms with Gasteiger partial charge in [-0.15, -0.1) is 0 Å². The lowest BCUT2D eigenvalue weighted by molar-refractivity contribution is -0.137. The standard InChI is InChI=1S/C19H18Cl2F3N3O2/c1-29-16-4-3-13(20)10-14(16)18(28)27-6-2-5-26(7-8-27)17-15(21)9-12(11-25-17)19(22,23)24/h3-4,9-11H,2,5-8H2,1H3. The van der Waals surface area contributed by atoms with Gasteiger partial charge in [0.25, 0.3) is 5.91 Å². The number of carbonyl (C=O) groups excluding carboxylic acids is 1. The maximum Gasteiger partial charge on any atom is 0.417 e. The molecule has 156 valence electrons. The lowest BCUT2D eigenvalue weighted by Crippen LogP contribution is -2.35. The predicted octanol–water partition coefficient (Wildman–Crippen LogP) is 4.77. The maximum absolute atomic E-state index is 13.0. The van der Waals surface area contributed by atoms with Crippen LogP contribution in [0.2, 0.25) is 10.0 Å². The number of benzene rings is 1. The van der Waals surface area contributed by atoms with Gasteiger partial charge in [-0.2, -0.15) is 13.2 Å². The summed E-state index contributed by atoms with van der Waals surface area (Å²) >= 11 is 12.1. The van der Waals surface area contributed by atoms with Gasteiger partial charge in [0.1, 0.15) is 11.6 Å². The van der Waals surface area contributed by atoms with Crippen LogP contribution in [-0.2, 0) is 6.18 Å². The first-order chi connectivity index (χ1) is 13.7. The van der Waals surface area contributed by atoms with Crippen molar-refractivity contribution in [2.75, 3.05) is 38.2 Å². The Morgan fingerprint density at radius 1 is 1.14 bits per heavy atom. The molecule has 1 saturated heterocycles. The minimum Gasteiger partial charge on any atom is -0.496 e. The SMILES string of the molecule is COc1ccc(Cl)cc1C(=O)N1CCCN(c2ncc(C(F)(F)F)cc2Cl)CC1. The molecule has 2 heterocycles. The summed E-state index contributed by atoms with van der Waals surface area (Å²) in [5.41, 5.74) is -0.537. The van der Waals surface area contributed by atoms with E-state index in [0.717, 1.165) is 12.3 Å². The van der Waals surface area contributed by atoms with Crippen LogP contribution in [0.15, 0.2) is 30.5 Å². The zero-order chi connectivity index (χ0) is 21.2. The number of halogens is 5. The Morgan fingerprint density at radius 3 is 2.55 bits per heavy atom. The van der Waals surface area contributed by atoms with Gasteiger partial charge in [0.05, 0.1) is 23.3 Å². The lowest BCUT2D eigenvalue weighted by Gasteiger charge is -2.24. The van der Waals surface area contributed by atoms with E-state index in [1.54, 1.807) is 28.0 Å². The second-order valence-corrected chi connectivity index (χ2v) is 7.35. The van der Waals surface area contributed by atoms with Gasteiger partial charge in [-0.3, -0.25) is 4.79 Å². The Kier molecular flexibility index (Phi) is 6.43. The predicted molar refractivity (Wildman–Crippen MR) is 105 cm³/mol. The van der Waals surface area contributed by atoms with E-state index in [2.05, 4.69) is 4.98 Å². The van der Waals surface area contributed by atoms with Crippen LogP contribution in [0.4, 0.5) is 19.0 Å². The highest BCUT2D eigenvalue weighted by molar-refractivity contribution is 6.33. The molecule has 0 bridgehead atoms. The molecule has 1 fully saturated rings. The quantitative estimate of drug-likeness (QED) is 0.679. The highest BCUT2D eigenvalue weighted by Gasteiger charge is 2.32.